The van der Waals surface area contributed by atoms with E-state index in [1.165, 1.54) is 11.8 Å². The van der Waals surface area contributed by atoms with Crippen LogP contribution in [0.25, 0.3) is 16.6 Å². The van der Waals surface area contributed by atoms with Crippen molar-refractivity contribution in [3.05, 3.63) is 77.6 Å². The average Bonchev–Trinajstić information content (AvgIpc) is 3.12. The van der Waals surface area contributed by atoms with Crippen molar-refractivity contribution in [1.29, 1.82) is 0 Å². The van der Waals surface area contributed by atoms with Crippen molar-refractivity contribution in [1.82, 2.24) is 25.3 Å². The lowest BCUT2D eigenvalue weighted by Gasteiger charge is -2.14. The Kier molecular flexibility index (Phi) is 5.81. The first-order chi connectivity index (χ1) is 14.5. The van der Waals surface area contributed by atoms with E-state index in [9.17, 15) is 4.79 Å². The van der Waals surface area contributed by atoms with Gasteiger partial charge in [-0.15, -0.1) is 5.10 Å². The van der Waals surface area contributed by atoms with Crippen LogP contribution in [0.5, 0.6) is 0 Å². The van der Waals surface area contributed by atoms with Gasteiger partial charge in [0.2, 0.25) is 5.91 Å². The normalized spacial score (nSPS) is 12.1. The van der Waals surface area contributed by atoms with Crippen LogP contribution >= 0.6 is 11.8 Å². The first-order valence-electron chi connectivity index (χ1n) is 9.79. The van der Waals surface area contributed by atoms with Crippen molar-refractivity contribution < 1.29 is 4.79 Å². The molecule has 0 aliphatic carbocycles. The minimum atomic E-state index is -0.0528. The van der Waals surface area contributed by atoms with Crippen LogP contribution in [0.15, 0.2) is 65.7 Å². The highest BCUT2D eigenvalue weighted by atomic mass is 32.2. The van der Waals surface area contributed by atoms with Gasteiger partial charge in [-0.3, -0.25) is 4.79 Å². The molecule has 4 aromatic rings. The molecule has 30 heavy (non-hydrogen) atoms. The monoisotopic (exact) mass is 417 g/mol. The summed E-state index contributed by atoms with van der Waals surface area (Å²) in [7, 11) is 0. The Morgan fingerprint density at radius 3 is 2.40 bits per heavy atom. The standard InChI is InChI=1S/C23H23N5OS/c1-15(18-10-6-4-7-11-18)24-20(29)14-30-23-22-21(16(2)25-26-23)17(3)28(27-22)19-12-8-5-9-13-19/h4-13,15H,14H2,1-3H3,(H,24,29). The molecule has 0 fully saturated rings. The third kappa shape index (κ3) is 4.07. The summed E-state index contributed by atoms with van der Waals surface area (Å²) < 4.78 is 1.91. The maximum absolute atomic E-state index is 12.5. The first-order valence-corrected chi connectivity index (χ1v) is 10.8. The van der Waals surface area contributed by atoms with Crippen LogP contribution in [-0.4, -0.2) is 31.6 Å². The minimum absolute atomic E-state index is 0.0499. The second-order valence-electron chi connectivity index (χ2n) is 7.14. The van der Waals surface area contributed by atoms with Gasteiger partial charge in [-0.2, -0.15) is 10.2 Å². The average molecular weight is 418 g/mol. The van der Waals surface area contributed by atoms with E-state index in [0.29, 0.717) is 5.03 Å². The molecule has 0 saturated heterocycles. The molecule has 0 saturated carbocycles. The lowest BCUT2D eigenvalue weighted by Crippen LogP contribution is -2.28. The Morgan fingerprint density at radius 1 is 1.03 bits per heavy atom. The summed E-state index contributed by atoms with van der Waals surface area (Å²) in [6.07, 6.45) is 0. The third-order valence-electron chi connectivity index (χ3n) is 4.99. The Balaban J connectivity index is 1.55. The number of nitrogens with one attached hydrogen (secondary N) is 1. The fourth-order valence-corrected chi connectivity index (χ4v) is 4.19. The molecular formula is C23H23N5OS. The molecule has 0 bridgehead atoms. The lowest BCUT2D eigenvalue weighted by atomic mass is 10.1. The molecule has 1 amide bonds. The van der Waals surface area contributed by atoms with Gasteiger partial charge < -0.3 is 5.32 Å². The molecule has 2 aromatic carbocycles. The molecule has 7 heteroatoms. The zero-order chi connectivity index (χ0) is 21.1. The van der Waals surface area contributed by atoms with Crippen molar-refractivity contribution >= 4 is 28.6 Å². The predicted octanol–water partition coefficient (Wildman–Crippen LogP) is 4.40. The number of carbonyl (C=O) groups excluding carboxylic acids is 1. The molecule has 4 rings (SSSR count). The van der Waals surface area contributed by atoms with Gasteiger partial charge in [-0.1, -0.05) is 60.3 Å². The van der Waals surface area contributed by atoms with Gasteiger partial charge >= 0.3 is 0 Å². The van der Waals surface area contributed by atoms with Gasteiger partial charge in [0.15, 0.2) is 0 Å². The summed E-state index contributed by atoms with van der Waals surface area (Å²) in [5.41, 5.74) is 4.67. The molecule has 0 radical (unpaired) electrons. The van der Waals surface area contributed by atoms with Gasteiger partial charge in [0.05, 0.1) is 28.9 Å². The fraction of sp³-hybridized carbons (Fsp3) is 0.217. The van der Waals surface area contributed by atoms with Crippen LogP contribution in [-0.2, 0) is 4.79 Å². The van der Waals surface area contributed by atoms with E-state index in [2.05, 4.69) is 15.5 Å². The Labute approximate surface area is 179 Å². The van der Waals surface area contributed by atoms with Crippen LogP contribution in [0.2, 0.25) is 0 Å². The van der Waals surface area contributed by atoms with Gasteiger partial charge in [-0.25, -0.2) is 4.68 Å². The fourth-order valence-electron chi connectivity index (χ4n) is 3.46. The highest BCUT2D eigenvalue weighted by Gasteiger charge is 2.18. The lowest BCUT2D eigenvalue weighted by molar-refractivity contribution is -0.119. The molecule has 2 aromatic heterocycles. The molecule has 0 aliphatic heterocycles. The van der Waals surface area contributed by atoms with Crippen LogP contribution in [0, 0.1) is 13.8 Å². The molecule has 2 heterocycles. The summed E-state index contributed by atoms with van der Waals surface area (Å²) >= 11 is 1.36. The smallest absolute Gasteiger partial charge is 0.230 e. The van der Waals surface area contributed by atoms with Gasteiger partial charge in [-0.05, 0) is 38.5 Å². The number of hydrogen-bond acceptors (Lipinski definition) is 5. The highest BCUT2D eigenvalue weighted by Crippen LogP contribution is 2.29. The van der Waals surface area contributed by atoms with Crippen molar-refractivity contribution in [2.45, 2.75) is 31.8 Å². The van der Waals surface area contributed by atoms with E-state index >= 15 is 0 Å². The number of benzene rings is 2. The number of nitrogens with zero attached hydrogens (tertiary/aromatic N) is 4. The number of thioether (sulfide) groups is 1. The van der Waals surface area contributed by atoms with E-state index in [-0.39, 0.29) is 17.7 Å². The maximum Gasteiger partial charge on any atom is 0.230 e. The molecule has 0 aliphatic rings. The molecule has 1 N–H and O–H groups in total. The number of hydrogen-bond donors (Lipinski definition) is 1. The molecular weight excluding hydrogens is 394 g/mol. The van der Waals surface area contributed by atoms with Crippen LogP contribution in [0.1, 0.15) is 29.9 Å². The van der Waals surface area contributed by atoms with Crippen molar-refractivity contribution in [3.63, 3.8) is 0 Å². The summed E-state index contributed by atoms with van der Waals surface area (Å²) in [6, 6.07) is 19.8. The van der Waals surface area contributed by atoms with Crippen molar-refractivity contribution in [3.8, 4) is 5.69 Å². The van der Waals surface area contributed by atoms with E-state index < -0.39 is 0 Å². The molecule has 1 atom stereocenters. The van der Waals surface area contributed by atoms with Gasteiger partial charge in [0, 0.05) is 5.39 Å². The summed E-state index contributed by atoms with van der Waals surface area (Å²) in [6.45, 7) is 5.94. The quantitative estimate of drug-likeness (QED) is 0.471. The van der Waals surface area contributed by atoms with E-state index in [1.54, 1.807) is 0 Å². The summed E-state index contributed by atoms with van der Waals surface area (Å²) in [5, 5.41) is 18.1. The first kappa shape index (κ1) is 20.1. The number of carbonyl (C=O) groups is 1. The van der Waals surface area contributed by atoms with E-state index in [4.69, 9.17) is 5.10 Å². The summed E-state index contributed by atoms with van der Waals surface area (Å²) in [4.78, 5) is 12.5. The molecule has 0 spiro atoms. The number of para-hydroxylation sites is 1. The second kappa shape index (κ2) is 8.67. The molecule has 152 valence electrons. The number of rotatable bonds is 6. The van der Waals surface area contributed by atoms with Crippen molar-refractivity contribution in [2.24, 2.45) is 0 Å². The number of amides is 1. The van der Waals surface area contributed by atoms with E-state index in [1.807, 2.05) is 86.1 Å². The summed E-state index contributed by atoms with van der Waals surface area (Å²) in [5.74, 6) is 0.201. The molecule has 1 unspecified atom stereocenters. The zero-order valence-electron chi connectivity index (χ0n) is 17.2. The Bertz CT molecular complexity index is 1170. The third-order valence-corrected chi connectivity index (χ3v) is 5.94. The maximum atomic E-state index is 12.5. The van der Waals surface area contributed by atoms with Crippen LogP contribution < -0.4 is 5.32 Å². The Morgan fingerprint density at radius 2 is 1.70 bits per heavy atom. The van der Waals surface area contributed by atoms with Gasteiger partial charge in [0.1, 0.15) is 10.5 Å². The van der Waals surface area contributed by atoms with Gasteiger partial charge in [0.25, 0.3) is 0 Å². The zero-order valence-corrected chi connectivity index (χ0v) is 18.0. The number of aryl methyl sites for hydroxylation is 2. The second-order valence-corrected chi connectivity index (χ2v) is 8.10. The van der Waals surface area contributed by atoms with Crippen LogP contribution in [0.4, 0.5) is 0 Å². The van der Waals surface area contributed by atoms with Crippen molar-refractivity contribution in [2.75, 3.05) is 5.75 Å². The minimum Gasteiger partial charge on any atom is -0.349 e. The number of fused-ring (bicyclic) bond motifs is 1. The molecule has 6 nitrogen and oxygen atoms in total. The van der Waals surface area contributed by atoms with E-state index in [0.717, 1.165) is 33.5 Å². The topological polar surface area (TPSA) is 72.7 Å². The Hall–Kier alpha value is -3.19. The highest BCUT2D eigenvalue weighted by molar-refractivity contribution is 8.00. The predicted molar refractivity (Wildman–Crippen MR) is 120 cm³/mol. The largest absolute Gasteiger partial charge is 0.349 e. The SMILES string of the molecule is Cc1nnc(SCC(=O)NC(C)c2ccccc2)c2nn(-c3ccccc3)c(C)c12. The number of aromatic nitrogens is 4. The van der Waals surface area contributed by atoms with Crippen LogP contribution in [0.3, 0.4) is 0 Å².